The molecule has 1 atom stereocenters. The largest absolute Gasteiger partial charge is 0.387 e. The monoisotopic (exact) mass is 455 g/mol. The molecule has 4 N–H and O–H groups in total. The third-order valence-electron chi connectivity index (χ3n) is 5.16. The SMILES string of the molecule is CC(C)Nc1nc2c(cc1C(=O)NC[C@@H](F)C(C)(C)O)[nH]c1cc(-c3cncs3)ccc12. The lowest BCUT2D eigenvalue weighted by atomic mass is 10.0. The molecule has 0 aliphatic heterocycles. The van der Waals surface area contributed by atoms with E-state index in [1.54, 1.807) is 22.9 Å². The molecule has 9 heteroatoms. The van der Waals surface area contributed by atoms with E-state index in [0.29, 0.717) is 16.9 Å². The molecule has 0 spiro atoms. The van der Waals surface area contributed by atoms with Crippen molar-refractivity contribution in [3.05, 3.63) is 41.5 Å². The van der Waals surface area contributed by atoms with Gasteiger partial charge in [0, 0.05) is 23.1 Å². The number of carbonyl (C=O) groups is 1. The standard InChI is InChI=1S/C23H26FN5O2S/c1-12(2)27-21-15(22(30)26-10-19(24)23(3,4)31)8-17-20(29-21)14-6-5-13(7-16(14)28-17)18-9-25-11-32-18/h5-9,11-12,19,28,31H,10H2,1-4H3,(H,26,30)(H,27,29)/t19-/m1/s1. The van der Waals surface area contributed by atoms with Gasteiger partial charge in [-0.3, -0.25) is 9.78 Å². The molecule has 32 heavy (non-hydrogen) atoms. The minimum atomic E-state index is -1.59. The minimum absolute atomic E-state index is 0.0416. The van der Waals surface area contributed by atoms with Crippen LogP contribution in [-0.2, 0) is 0 Å². The summed E-state index contributed by atoms with van der Waals surface area (Å²) in [6.07, 6.45) is 0.230. The third kappa shape index (κ3) is 4.44. The van der Waals surface area contributed by atoms with Gasteiger partial charge < -0.3 is 20.7 Å². The summed E-state index contributed by atoms with van der Waals surface area (Å²) < 4.78 is 14.1. The second-order valence-corrected chi connectivity index (χ2v) is 9.55. The predicted octanol–water partition coefficient (Wildman–Crippen LogP) is 4.50. The summed E-state index contributed by atoms with van der Waals surface area (Å²) in [5, 5.41) is 16.5. The van der Waals surface area contributed by atoms with Crippen LogP contribution < -0.4 is 10.6 Å². The molecule has 0 aliphatic carbocycles. The number of rotatable bonds is 7. The maximum Gasteiger partial charge on any atom is 0.255 e. The number of pyridine rings is 1. The number of benzene rings is 1. The first kappa shape index (κ1) is 22.2. The van der Waals surface area contributed by atoms with E-state index in [-0.39, 0.29) is 12.6 Å². The van der Waals surface area contributed by atoms with Gasteiger partial charge in [0.1, 0.15) is 12.0 Å². The third-order valence-corrected chi connectivity index (χ3v) is 5.98. The van der Waals surface area contributed by atoms with Crippen LogP contribution in [0.15, 0.2) is 36.0 Å². The van der Waals surface area contributed by atoms with Gasteiger partial charge in [-0.25, -0.2) is 9.37 Å². The number of aromatic amines is 1. The Labute approximate surface area is 189 Å². The molecule has 0 aliphatic rings. The van der Waals surface area contributed by atoms with Crippen molar-refractivity contribution in [1.82, 2.24) is 20.3 Å². The van der Waals surface area contributed by atoms with Crippen LogP contribution >= 0.6 is 11.3 Å². The van der Waals surface area contributed by atoms with Gasteiger partial charge in [0.2, 0.25) is 0 Å². The fourth-order valence-electron chi connectivity index (χ4n) is 3.41. The fraction of sp³-hybridized carbons (Fsp3) is 0.348. The van der Waals surface area contributed by atoms with Gasteiger partial charge >= 0.3 is 0 Å². The highest BCUT2D eigenvalue weighted by molar-refractivity contribution is 7.13. The summed E-state index contributed by atoms with van der Waals surface area (Å²) in [6.45, 7) is 6.35. The summed E-state index contributed by atoms with van der Waals surface area (Å²) in [4.78, 5) is 26.2. The molecule has 4 aromatic rings. The van der Waals surface area contributed by atoms with Crippen LogP contribution in [0.4, 0.5) is 10.2 Å². The number of amides is 1. The number of anilines is 1. The number of nitrogens with zero attached hydrogens (tertiary/aromatic N) is 2. The molecule has 7 nitrogen and oxygen atoms in total. The zero-order valence-corrected chi connectivity index (χ0v) is 19.2. The van der Waals surface area contributed by atoms with E-state index in [0.717, 1.165) is 26.9 Å². The molecule has 0 bridgehead atoms. The van der Waals surface area contributed by atoms with Gasteiger partial charge in [-0.05, 0) is 51.5 Å². The van der Waals surface area contributed by atoms with Crippen LogP contribution in [0.25, 0.3) is 32.4 Å². The molecule has 0 fully saturated rings. The number of hydrogen-bond donors (Lipinski definition) is 4. The number of aromatic nitrogens is 3. The van der Waals surface area contributed by atoms with Crippen LogP contribution in [0, 0.1) is 0 Å². The lowest BCUT2D eigenvalue weighted by Crippen LogP contribution is -2.42. The Hall–Kier alpha value is -3.04. The van der Waals surface area contributed by atoms with Gasteiger partial charge in [0.15, 0.2) is 0 Å². The Kier molecular flexibility index (Phi) is 5.87. The summed E-state index contributed by atoms with van der Waals surface area (Å²) in [7, 11) is 0. The molecule has 0 unspecified atom stereocenters. The highest BCUT2D eigenvalue weighted by Gasteiger charge is 2.27. The fourth-order valence-corrected chi connectivity index (χ4v) is 4.03. The molecule has 3 aromatic heterocycles. The van der Waals surface area contributed by atoms with Crippen molar-refractivity contribution in [2.75, 3.05) is 11.9 Å². The minimum Gasteiger partial charge on any atom is -0.387 e. The number of aliphatic hydroxyl groups is 1. The van der Waals surface area contributed by atoms with Gasteiger partial charge in [0.25, 0.3) is 5.91 Å². The Morgan fingerprint density at radius 3 is 2.72 bits per heavy atom. The molecule has 1 aromatic carbocycles. The second kappa shape index (κ2) is 8.48. The molecule has 0 radical (unpaired) electrons. The van der Waals surface area contributed by atoms with E-state index in [2.05, 4.69) is 20.6 Å². The Morgan fingerprint density at radius 1 is 1.28 bits per heavy atom. The molecular weight excluding hydrogens is 429 g/mol. The van der Waals surface area contributed by atoms with Crippen molar-refractivity contribution >= 4 is 45.0 Å². The van der Waals surface area contributed by atoms with Crippen LogP contribution in [-0.4, -0.2) is 50.3 Å². The number of fused-ring (bicyclic) bond motifs is 3. The van der Waals surface area contributed by atoms with Gasteiger partial charge in [0.05, 0.1) is 39.1 Å². The number of carbonyl (C=O) groups excluding carboxylic acids is 1. The average molecular weight is 456 g/mol. The number of nitrogens with one attached hydrogen (secondary N) is 3. The normalized spacial score (nSPS) is 13.1. The van der Waals surface area contributed by atoms with E-state index in [1.165, 1.54) is 13.8 Å². The van der Waals surface area contributed by atoms with Crippen LogP contribution in [0.5, 0.6) is 0 Å². The number of thiazole rings is 1. The van der Waals surface area contributed by atoms with E-state index >= 15 is 0 Å². The average Bonchev–Trinajstić information content (AvgIpc) is 3.37. The lowest BCUT2D eigenvalue weighted by Gasteiger charge is -2.22. The zero-order valence-electron chi connectivity index (χ0n) is 18.4. The molecular formula is C23H26FN5O2S. The van der Waals surface area contributed by atoms with Crippen LogP contribution in [0.2, 0.25) is 0 Å². The zero-order chi connectivity index (χ0) is 23.0. The van der Waals surface area contributed by atoms with Crippen molar-refractivity contribution in [2.45, 2.75) is 45.5 Å². The first-order valence-electron chi connectivity index (χ1n) is 10.4. The molecule has 0 saturated heterocycles. The van der Waals surface area contributed by atoms with Crippen LogP contribution in [0.1, 0.15) is 38.1 Å². The Bertz CT molecular complexity index is 1260. The Morgan fingerprint density at radius 2 is 2.06 bits per heavy atom. The van der Waals surface area contributed by atoms with Gasteiger partial charge in [-0.1, -0.05) is 6.07 Å². The molecule has 168 valence electrons. The highest BCUT2D eigenvalue weighted by Crippen LogP contribution is 2.32. The smallest absolute Gasteiger partial charge is 0.255 e. The number of hydrogen-bond acceptors (Lipinski definition) is 6. The summed E-state index contributed by atoms with van der Waals surface area (Å²) in [6, 6.07) is 7.84. The summed E-state index contributed by atoms with van der Waals surface area (Å²) in [5.74, 6) is -0.0328. The topological polar surface area (TPSA) is 103 Å². The van der Waals surface area contributed by atoms with Crippen molar-refractivity contribution in [3.63, 3.8) is 0 Å². The number of alkyl halides is 1. The lowest BCUT2D eigenvalue weighted by molar-refractivity contribution is -0.00177. The number of halogens is 1. The Balaban J connectivity index is 1.74. The van der Waals surface area contributed by atoms with E-state index in [4.69, 9.17) is 4.98 Å². The second-order valence-electron chi connectivity index (χ2n) is 8.66. The van der Waals surface area contributed by atoms with Gasteiger partial charge in [-0.15, -0.1) is 11.3 Å². The van der Waals surface area contributed by atoms with Gasteiger partial charge in [-0.2, -0.15) is 0 Å². The molecule has 4 rings (SSSR count). The first-order chi connectivity index (χ1) is 15.1. The van der Waals surface area contributed by atoms with E-state index in [1.807, 2.05) is 38.2 Å². The number of H-pyrrole nitrogens is 1. The first-order valence-corrected chi connectivity index (χ1v) is 11.3. The molecule has 1 amide bonds. The highest BCUT2D eigenvalue weighted by atomic mass is 32.1. The maximum absolute atomic E-state index is 14.1. The van der Waals surface area contributed by atoms with E-state index < -0.39 is 17.7 Å². The van der Waals surface area contributed by atoms with Crippen molar-refractivity contribution in [3.8, 4) is 10.4 Å². The molecule has 3 heterocycles. The maximum atomic E-state index is 14.1. The summed E-state index contributed by atoms with van der Waals surface area (Å²) in [5.41, 5.74) is 3.96. The predicted molar refractivity (Wildman–Crippen MR) is 127 cm³/mol. The van der Waals surface area contributed by atoms with Crippen molar-refractivity contribution < 1.29 is 14.3 Å². The quantitative estimate of drug-likeness (QED) is 0.329. The van der Waals surface area contributed by atoms with Crippen LogP contribution in [0.3, 0.4) is 0 Å². The van der Waals surface area contributed by atoms with Crippen molar-refractivity contribution in [1.29, 1.82) is 0 Å². The van der Waals surface area contributed by atoms with E-state index in [9.17, 15) is 14.3 Å². The summed E-state index contributed by atoms with van der Waals surface area (Å²) >= 11 is 1.56. The van der Waals surface area contributed by atoms with Crippen molar-refractivity contribution in [2.24, 2.45) is 0 Å². The molecule has 0 saturated carbocycles.